The number of unbranched alkanes of at least 4 members (excludes halogenated alkanes) is 2. The van der Waals surface area contributed by atoms with Crippen molar-refractivity contribution in [2.75, 3.05) is 0 Å². The zero-order valence-electron chi connectivity index (χ0n) is 13.7. The molecule has 22 heavy (non-hydrogen) atoms. The Kier molecular flexibility index (Phi) is 7.01. The molecule has 0 saturated heterocycles. The first-order valence-corrected chi connectivity index (χ1v) is 9.49. The predicted molar refractivity (Wildman–Crippen MR) is 94.8 cm³/mol. The summed E-state index contributed by atoms with van der Waals surface area (Å²) in [5, 5.41) is 0. The molecule has 0 aliphatic carbocycles. The van der Waals surface area contributed by atoms with Crippen LogP contribution in [-0.4, -0.2) is 4.55 Å². The summed E-state index contributed by atoms with van der Waals surface area (Å²) in [6.07, 6.45) is 7.05. The highest BCUT2D eigenvalue weighted by atomic mass is 32.2. The molecular weight excluding hydrogens is 288 g/mol. The zero-order chi connectivity index (χ0) is 15.8. The zero-order valence-corrected chi connectivity index (χ0v) is 14.5. The number of benzene rings is 2. The third-order valence-electron chi connectivity index (χ3n) is 3.91. The lowest BCUT2D eigenvalue weighted by molar-refractivity contribution is 0.595. The van der Waals surface area contributed by atoms with Gasteiger partial charge in [-0.25, -0.2) is 0 Å². The highest BCUT2D eigenvalue weighted by molar-refractivity contribution is 7.91. The van der Waals surface area contributed by atoms with Gasteiger partial charge in [0.15, 0.2) is 9.79 Å². The summed E-state index contributed by atoms with van der Waals surface area (Å²) >= 11 is -1.07. The van der Waals surface area contributed by atoms with Crippen LogP contribution in [0.5, 0.6) is 0 Å². The molecule has 0 bridgehead atoms. The molecule has 0 N–H and O–H groups in total. The van der Waals surface area contributed by atoms with Gasteiger partial charge < -0.3 is 4.55 Å². The van der Waals surface area contributed by atoms with Crippen LogP contribution in [0.1, 0.15) is 50.7 Å². The number of hydrogen-bond acceptors (Lipinski definition) is 1. The second-order valence-electron chi connectivity index (χ2n) is 5.76. The van der Waals surface area contributed by atoms with Crippen LogP contribution in [0.4, 0.5) is 0 Å². The van der Waals surface area contributed by atoms with E-state index >= 15 is 0 Å². The molecule has 2 rings (SSSR count). The van der Waals surface area contributed by atoms with Crippen molar-refractivity contribution in [2.24, 2.45) is 0 Å². The van der Waals surface area contributed by atoms with E-state index in [1.807, 2.05) is 24.3 Å². The van der Waals surface area contributed by atoms with E-state index in [4.69, 9.17) is 0 Å². The Labute approximate surface area is 138 Å². The van der Waals surface area contributed by atoms with Gasteiger partial charge in [0.25, 0.3) is 0 Å². The van der Waals surface area contributed by atoms with Crippen molar-refractivity contribution in [1.29, 1.82) is 0 Å². The summed E-state index contributed by atoms with van der Waals surface area (Å²) in [5.74, 6) is 0. The largest absolute Gasteiger partial charge is 0.606 e. The second-order valence-corrected chi connectivity index (χ2v) is 7.24. The van der Waals surface area contributed by atoms with Gasteiger partial charge in [-0.1, -0.05) is 51.0 Å². The van der Waals surface area contributed by atoms with Crippen molar-refractivity contribution >= 4 is 11.2 Å². The average molecular weight is 314 g/mol. The SMILES string of the molecule is CCCCc1ccc([S+]([O-])c2ccc(CCCC)cc2)cc1. The molecule has 0 radical (unpaired) electrons. The van der Waals surface area contributed by atoms with Gasteiger partial charge >= 0.3 is 0 Å². The normalized spacial score (nSPS) is 11.1. The maximum absolute atomic E-state index is 12.6. The lowest BCUT2D eigenvalue weighted by Gasteiger charge is -2.11. The van der Waals surface area contributed by atoms with E-state index in [0.717, 1.165) is 22.6 Å². The van der Waals surface area contributed by atoms with E-state index in [1.165, 1.54) is 36.8 Å². The molecule has 0 spiro atoms. The molecule has 2 aromatic carbocycles. The van der Waals surface area contributed by atoms with Crippen LogP contribution in [-0.2, 0) is 24.0 Å². The molecule has 0 unspecified atom stereocenters. The van der Waals surface area contributed by atoms with Crippen LogP contribution in [0.25, 0.3) is 0 Å². The van der Waals surface area contributed by atoms with E-state index in [9.17, 15) is 4.55 Å². The van der Waals surface area contributed by atoms with Gasteiger partial charge in [-0.2, -0.15) is 0 Å². The number of rotatable bonds is 8. The van der Waals surface area contributed by atoms with Gasteiger partial charge in [0.1, 0.15) is 0 Å². The average Bonchev–Trinajstić information content (AvgIpc) is 2.58. The third kappa shape index (κ3) is 4.89. The fraction of sp³-hybridized carbons (Fsp3) is 0.400. The van der Waals surface area contributed by atoms with Crippen molar-refractivity contribution in [3.05, 3.63) is 59.7 Å². The molecule has 0 aliphatic rings. The van der Waals surface area contributed by atoms with Crippen LogP contribution in [0, 0.1) is 0 Å². The van der Waals surface area contributed by atoms with E-state index in [0.29, 0.717) is 0 Å². The Balaban J connectivity index is 2.02. The fourth-order valence-corrected chi connectivity index (χ4v) is 3.50. The summed E-state index contributed by atoms with van der Waals surface area (Å²) < 4.78 is 12.6. The molecule has 2 heteroatoms. The van der Waals surface area contributed by atoms with Crippen LogP contribution in [0.3, 0.4) is 0 Å². The lowest BCUT2D eigenvalue weighted by atomic mass is 10.1. The fourth-order valence-electron chi connectivity index (χ4n) is 2.46. The minimum Gasteiger partial charge on any atom is -0.606 e. The minimum absolute atomic E-state index is 0.890. The van der Waals surface area contributed by atoms with E-state index in [2.05, 4.69) is 38.1 Å². The molecular formula is C20H26OS. The molecule has 0 heterocycles. The quantitative estimate of drug-likeness (QED) is 0.587. The van der Waals surface area contributed by atoms with Crippen LogP contribution >= 0.6 is 0 Å². The summed E-state index contributed by atoms with van der Waals surface area (Å²) in [6.45, 7) is 4.40. The van der Waals surface area contributed by atoms with Crippen molar-refractivity contribution < 1.29 is 4.55 Å². The minimum atomic E-state index is -1.07. The predicted octanol–water partition coefficient (Wildman–Crippen LogP) is 5.54. The molecule has 0 aliphatic heterocycles. The third-order valence-corrected chi connectivity index (χ3v) is 5.31. The van der Waals surface area contributed by atoms with Gasteiger partial charge in [0.05, 0.1) is 0 Å². The number of hydrogen-bond donors (Lipinski definition) is 0. The Morgan fingerprint density at radius 1 is 0.682 bits per heavy atom. The summed E-state index contributed by atoms with van der Waals surface area (Å²) in [6, 6.07) is 16.5. The molecule has 1 nitrogen and oxygen atoms in total. The van der Waals surface area contributed by atoms with Crippen molar-refractivity contribution in [3.8, 4) is 0 Å². The van der Waals surface area contributed by atoms with Crippen LogP contribution in [0.15, 0.2) is 58.3 Å². The molecule has 0 amide bonds. The lowest BCUT2D eigenvalue weighted by Crippen LogP contribution is -2.02. The van der Waals surface area contributed by atoms with Gasteiger partial charge in [-0.3, -0.25) is 0 Å². The Hall–Kier alpha value is -1.25. The standard InChI is InChI=1S/C20H26OS/c1-3-5-7-17-9-13-19(14-10-17)22(21)20-15-11-18(12-16-20)8-6-4-2/h9-16H,3-8H2,1-2H3. The summed E-state index contributed by atoms with van der Waals surface area (Å²) in [7, 11) is 0. The maximum atomic E-state index is 12.6. The first-order valence-electron chi connectivity index (χ1n) is 8.34. The Bertz CT molecular complexity index is 493. The first-order chi connectivity index (χ1) is 10.7. The molecule has 0 aromatic heterocycles. The topological polar surface area (TPSA) is 23.1 Å². The van der Waals surface area contributed by atoms with Crippen molar-refractivity contribution in [1.82, 2.24) is 0 Å². The second kappa shape index (κ2) is 9.02. The van der Waals surface area contributed by atoms with E-state index < -0.39 is 11.2 Å². The highest BCUT2D eigenvalue weighted by Gasteiger charge is 2.14. The van der Waals surface area contributed by atoms with Gasteiger partial charge in [-0.15, -0.1) is 0 Å². The van der Waals surface area contributed by atoms with Gasteiger partial charge in [-0.05, 0) is 61.1 Å². The van der Waals surface area contributed by atoms with E-state index in [1.54, 1.807) is 0 Å². The summed E-state index contributed by atoms with van der Waals surface area (Å²) in [5.41, 5.74) is 2.66. The first kappa shape index (κ1) is 17.1. The monoisotopic (exact) mass is 314 g/mol. The highest BCUT2D eigenvalue weighted by Crippen LogP contribution is 2.22. The van der Waals surface area contributed by atoms with Crippen molar-refractivity contribution in [3.63, 3.8) is 0 Å². The van der Waals surface area contributed by atoms with Crippen molar-refractivity contribution in [2.45, 2.75) is 62.2 Å². The molecule has 118 valence electrons. The molecule has 0 fully saturated rings. The molecule has 0 atom stereocenters. The maximum Gasteiger partial charge on any atom is 0.158 e. The van der Waals surface area contributed by atoms with Gasteiger partial charge in [0.2, 0.25) is 0 Å². The Morgan fingerprint density at radius 2 is 1.05 bits per heavy atom. The molecule has 0 saturated carbocycles. The van der Waals surface area contributed by atoms with E-state index in [-0.39, 0.29) is 0 Å². The van der Waals surface area contributed by atoms with Crippen LogP contribution in [0.2, 0.25) is 0 Å². The molecule has 2 aromatic rings. The number of aryl methyl sites for hydroxylation is 2. The summed E-state index contributed by atoms with van der Waals surface area (Å²) in [4.78, 5) is 1.78. The smallest absolute Gasteiger partial charge is 0.158 e. The van der Waals surface area contributed by atoms with Gasteiger partial charge in [0, 0.05) is 11.2 Å². The Morgan fingerprint density at radius 3 is 1.36 bits per heavy atom. The van der Waals surface area contributed by atoms with Crippen LogP contribution < -0.4 is 0 Å².